The van der Waals surface area contributed by atoms with E-state index in [4.69, 9.17) is 15.5 Å². The highest BCUT2D eigenvalue weighted by atomic mass is 16.4. The smallest absolute Gasteiger partial charge is 0.324 e. The van der Waals surface area contributed by atoms with E-state index in [1.165, 1.54) is 0 Å². The normalized spacial score (nSPS) is 36.6. The maximum atomic E-state index is 10.4. The van der Waals surface area contributed by atoms with Crippen LogP contribution < -0.4 is 0 Å². The molecular formula is C6H7NO3. The van der Waals surface area contributed by atoms with Crippen LogP contribution in [0.1, 0.15) is 6.42 Å². The second-order valence-electron chi connectivity index (χ2n) is 2.47. The van der Waals surface area contributed by atoms with E-state index >= 15 is 0 Å². The Morgan fingerprint density at radius 2 is 2.50 bits per heavy atom. The monoisotopic (exact) mass is 141 g/mol. The van der Waals surface area contributed by atoms with E-state index in [2.05, 4.69) is 0 Å². The summed E-state index contributed by atoms with van der Waals surface area (Å²) in [5.74, 6) is -1.47. The summed E-state index contributed by atoms with van der Waals surface area (Å²) >= 11 is 0. The van der Waals surface area contributed by atoms with E-state index in [0.717, 1.165) is 0 Å². The van der Waals surface area contributed by atoms with Crippen molar-refractivity contribution in [3.8, 4) is 6.07 Å². The Morgan fingerprint density at radius 1 is 1.90 bits per heavy atom. The van der Waals surface area contributed by atoms with Gasteiger partial charge in [0.1, 0.15) is 0 Å². The van der Waals surface area contributed by atoms with Crippen LogP contribution in [-0.2, 0) is 4.79 Å². The van der Waals surface area contributed by atoms with Gasteiger partial charge in [0, 0.05) is 12.5 Å². The maximum absolute atomic E-state index is 10.4. The molecule has 1 aliphatic carbocycles. The van der Waals surface area contributed by atoms with E-state index in [0.29, 0.717) is 0 Å². The van der Waals surface area contributed by atoms with Gasteiger partial charge in [-0.15, -0.1) is 0 Å². The molecule has 4 nitrogen and oxygen atoms in total. The number of nitriles is 1. The zero-order chi connectivity index (χ0) is 7.78. The third-order valence-electron chi connectivity index (χ3n) is 1.91. The summed E-state index contributed by atoms with van der Waals surface area (Å²) in [5.41, 5.74) is -1.27. The molecule has 0 amide bonds. The Kier molecular flexibility index (Phi) is 1.38. The first-order chi connectivity index (χ1) is 4.67. The first-order valence-electron chi connectivity index (χ1n) is 2.93. The highest BCUT2D eigenvalue weighted by Crippen LogP contribution is 2.51. The van der Waals surface area contributed by atoms with Gasteiger partial charge in [-0.25, -0.2) is 0 Å². The molecule has 0 radical (unpaired) electrons. The molecule has 10 heavy (non-hydrogen) atoms. The Hall–Kier alpha value is -1.08. The van der Waals surface area contributed by atoms with Crippen LogP contribution in [0, 0.1) is 22.7 Å². The van der Waals surface area contributed by atoms with Crippen molar-refractivity contribution < 1.29 is 15.0 Å². The summed E-state index contributed by atoms with van der Waals surface area (Å²) in [6.07, 6.45) is 0.287. The van der Waals surface area contributed by atoms with Crippen LogP contribution in [0.3, 0.4) is 0 Å². The van der Waals surface area contributed by atoms with Gasteiger partial charge >= 0.3 is 5.97 Å². The fraction of sp³-hybridized carbons (Fsp3) is 0.667. The van der Waals surface area contributed by atoms with Gasteiger partial charge in [0.05, 0.1) is 6.07 Å². The summed E-state index contributed by atoms with van der Waals surface area (Å²) in [6, 6.07) is 1.69. The van der Waals surface area contributed by atoms with Gasteiger partial charge in [-0.2, -0.15) is 5.26 Å². The summed E-state index contributed by atoms with van der Waals surface area (Å²) < 4.78 is 0. The minimum absolute atomic E-state index is 0.208. The number of aliphatic carboxylic acids is 1. The van der Waals surface area contributed by atoms with Crippen LogP contribution in [0.4, 0.5) is 0 Å². The van der Waals surface area contributed by atoms with E-state index in [9.17, 15) is 4.79 Å². The van der Waals surface area contributed by atoms with Gasteiger partial charge in [-0.1, -0.05) is 0 Å². The molecule has 0 saturated heterocycles. The number of carbonyl (C=O) groups is 1. The van der Waals surface area contributed by atoms with Crippen LogP contribution in [0.25, 0.3) is 0 Å². The zero-order valence-electron chi connectivity index (χ0n) is 5.24. The van der Waals surface area contributed by atoms with Crippen molar-refractivity contribution in [1.29, 1.82) is 5.26 Å². The van der Waals surface area contributed by atoms with E-state index in [1.54, 1.807) is 6.07 Å². The molecule has 1 rings (SSSR count). The lowest BCUT2D eigenvalue weighted by molar-refractivity contribution is -0.141. The number of aliphatic hydroxyl groups excluding tert-OH is 1. The van der Waals surface area contributed by atoms with Crippen LogP contribution in [0.5, 0.6) is 0 Å². The number of rotatable bonds is 2. The lowest BCUT2D eigenvalue weighted by Crippen LogP contribution is -2.16. The van der Waals surface area contributed by atoms with Crippen LogP contribution >= 0.6 is 0 Å². The molecule has 0 aromatic heterocycles. The maximum Gasteiger partial charge on any atom is 0.324 e. The molecule has 2 atom stereocenters. The molecular weight excluding hydrogens is 134 g/mol. The third-order valence-corrected chi connectivity index (χ3v) is 1.91. The molecule has 0 spiro atoms. The first kappa shape index (κ1) is 7.03. The minimum Gasteiger partial charge on any atom is -0.480 e. The SMILES string of the molecule is N#CC1(C(=O)O)CC1CO. The Balaban J connectivity index is 2.70. The van der Waals surface area contributed by atoms with Crippen molar-refractivity contribution in [2.75, 3.05) is 6.61 Å². The van der Waals surface area contributed by atoms with Gasteiger partial charge in [0.2, 0.25) is 0 Å². The fourth-order valence-electron chi connectivity index (χ4n) is 0.997. The second-order valence-corrected chi connectivity index (χ2v) is 2.47. The van der Waals surface area contributed by atoms with Gasteiger partial charge in [0.15, 0.2) is 5.41 Å². The topological polar surface area (TPSA) is 81.3 Å². The number of hydrogen-bond donors (Lipinski definition) is 2. The summed E-state index contributed by atoms with van der Waals surface area (Å²) in [4.78, 5) is 10.4. The van der Waals surface area contributed by atoms with Crippen LogP contribution in [0.2, 0.25) is 0 Å². The van der Waals surface area contributed by atoms with E-state index in [-0.39, 0.29) is 18.9 Å². The highest BCUT2D eigenvalue weighted by Gasteiger charge is 2.61. The number of carboxylic acids is 1. The number of aliphatic hydroxyl groups is 1. The quantitative estimate of drug-likeness (QED) is 0.547. The van der Waals surface area contributed by atoms with Crippen molar-refractivity contribution in [3.63, 3.8) is 0 Å². The average molecular weight is 141 g/mol. The van der Waals surface area contributed by atoms with E-state index < -0.39 is 11.4 Å². The molecule has 54 valence electrons. The third kappa shape index (κ3) is 0.677. The van der Waals surface area contributed by atoms with Gasteiger partial charge in [0.25, 0.3) is 0 Å². The number of hydrogen-bond acceptors (Lipinski definition) is 3. The lowest BCUT2D eigenvalue weighted by atomic mass is 10.1. The molecule has 2 N–H and O–H groups in total. The first-order valence-corrected chi connectivity index (χ1v) is 2.93. The lowest BCUT2D eigenvalue weighted by Gasteiger charge is -1.96. The summed E-state index contributed by atoms with van der Waals surface area (Å²) in [6.45, 7) is -0.208. The van der Waals surface area contributed by atoms with Crippen molar-refractivity contribution >= 4 is 5.97 Å². The molecule has 1 fully saturated rings. The molecule has 0 aromatic carbocycles. The standard InChI is InChI=1S/C6H7NO3/c7-3-6(5(9)10)1-4(6)2-8/h4,8H,1-2H2,(H,9,10). The predicted octanol–water partition coefficient (Wildman–Crippen LogP) is -0.407. The molecule has 0 bridgehead atoms. The molecule has 1 saturated carbocycles. The largest absolute Gasteiger partial charge is 0.480 e. The zero-order valence-corrected chi connectivity index (χ0v) is 5.24. The number of carboxylic acid groups (broad SMARTS) is 1. The van der Waals surface area contributed by atoms with Crippen molar-refractivity contribution in [2.45, 2.75) is 6.42 Å². The van der Waals surface area contributed by atoms with Crippen molar-refractivity contribution in [3.05, 3.63) is 0 Å². The van der Waals surface area contributed by atoms with Crippen molar-refractivity contribution in [2.24, 2.45) is 11.3 Å². The van der Waals surface area contributed by atoms with Gasteiger partial charge in [-0.3, -0.25) is 4.79 Å². The Labute approximate surface area is 57.7 Å². The average Bonchev–Trinajstić information content (AvgIpc) is 2.62. The molecule has 0 aliphatic heterocycles. The molecule has 0 heterocycles. The highest BCUT2D eigenvalue weighted by molar-refractivity contribution is 5.82. The van der Waals surface area contributed by atoms with E-state index in [1.807, 2.05) is 0 Å². The Bertz CT molecular complexity index is 208. The van der Waals surface area contributed by atoms with Crippen LogP contribution in [-0.4, -0.2) is 22.8 Å². The van der Waals surface area contributed by atoms with Crippen molar-refractivity contribution in [1.82, 2.24) is 0 Å². The fourth-order valence-corrected chi connectivity index (χ4v) is 0.997. The molecule has 0 aromatic rings. The molecule has 4 heteroatoms. The predicted molar refractivity (Wildman–Crippen MR) is 30.9 cm³/mol. The summed E-state index contributed by atoms with van der Waals surface area (Å²) in [5, 5.41) is 25.4. The van der Waals surface area contributed by atoms with Gasteiger partial charge in [-0.05, 0) is 6.42 Å². The summed E-state index contributed by atoms with van der Waals surface area (Å²) in [7, 11) is 0. The molecule has 2 unspecified atom stereocenters. The Morgan fingerprint density at radius 3 is 2.60 bits per heavy atom. The molecule has 1 aliphatic rings. The van der Waals surface area contributed by atoms with Crippen LogP contribution in [0.15, 0.2) is 0 Å². The number of nitrogens with zero attached hydrogens (tertiary/aromatic N) is 1. The minimum atomic E-state index is -1.27. The second kappa shape index (κ2) is 1.96. The van der Waals surface area contributed by atoms with Gasteiger partial charge < -0.3 is 10.2 Å².